The van der Waals surface area contributed by atoms with Crippen LogP contribution in [0.3, 0.4) is 0 Å². The van der Waals surface area contributed by atoms with Gasteiger partial charge in [0.05, 0.1) is 33.0 Å². The Morgan fingerprint density at radius 2 is 2.13 bits per heavy atom. The normalized spacial score (nSPS) is 28.2. The zero-order chi connectivity index (χ0) is 10.7. The molecule has 0 aliphatic carbocycles. The number of cyclic esters (lactones) is 1. The molecule has 15 heavy (non-hydrogen) atoms. The molecule has 0 unspecified atom stereocenters. The number of aliphatic hydroxyl groups is 1. The predicted octanol–water partition coefficient (Wildman–Crippen LogP) is -0.911. The van der Waals surface area contributed by atoms with E-state index < -0.39 is 0 Å². The molecule has 2 aliphatic rings. The number of nitrogens with zero attached hydrogens (tertiary/aromatic N) is 2. The Morgan fingerprint density at radius 1 is 1.40 bits per heavy atom. The molecule has 86 valence electrons. The summed E-state index contributed by atoms with van der Waals surface area (Å²) in [6, 6.07) is 0. The molecule has 0 aromatic heterocycles. The van der Waals surface area contributed by atoms with Crippen molar-refractivity contribution < 1.29 is 19.4 Å². The van der Waals surface area contributed by atoms with Crippen molar-refractivity contribution >= 4 is 6.09 Å². The Hall–Kier alpha value is -0.850. The van der Waals surface area contributed by atoms with Crippen LogP contribution < -0.4 is 0 Å². The number of hydrogen-bond donors (Lipinski definition) is 1. The SMILES string of the molecule is O=C1O[C@H](CO)CN1CN1CCOCC1. The maximum absolute atomic E-state index is 11.4. The Balaban J connectivity index is 1.81. The number of rotatable bonds is 3. The first-order valence-corrected chi connectivity index (χ1v) is 5.16. The first kappa shape index (κ1) is 10.7. The summed E-state index contributed by atoms with van der Waals surface area (Å²) in [5.41, 5.74) is 0. The van der Waals surface area contributed by atoms with Gasteiger partial charge < -0.3 is 14.6 Å². The van der Waals surface area contributed by atoms with E-state index in [0.717, 1.165) is 13.1 Å². The first-order valence-electron chi connectivity index (χ1n) is 5.16. The van der Waals surface area contributed by atoms with E-state index in [4.69, 9.17) is 14.6 Å². The van der Waals surface area contributed by atoms with E-state index in [9.17, 15) is 4.79 Å². The smallest absolute Gasteiger partial charge is 0.411 e. The van der Waals surface area contributed by atoms with Crippen LogP contribution in [0.1, 0.15) is 0 Å². The fraction of sp³-hybridized carbons (Fsp3) is 0.889. The third-order valence-electron chi connectivity index (χ3n) is 2.63. The second kappa shape index (κ2) is 4.78. The molecule has 6 nitrogen and oxygen atoms in total. The highest BCUT2D eigenvalue weighted by molar-refractivity contribution is 5.69. The number of aliphatic hydroxyl groups excluding tert-OH is 1. The summed E-state index contributed by atoms with van der Waals surface area (Å²) in [6.07, 6.45) is -0.695. The Bertz CT molecular complexity index is 230. The lowest BCUT2D eigenvalue weighted by atomic mass is 10.4. The Labute approximate surface area is 88.3 Å². The number of carbonyl (C=O) groups excluding carboxylic acids is 1. The Morgan fingerprint density at radius 3 is 2.73 bits per heavy atom. The van der Waals surface area contributed by atoms with E-state index in [1.165, 1.54) is 0 Å². The summed E-state index contributed by atoms with van der Waals surface area (Å²) in [5, 5.41) is 8.87. The average Bonchev–Trinajstić information content (AvgIpc) is 2.61. The largest absolute Gasteiger partial charge is 0.442 e. The van der Waals surface area contributed by atoms with Crippen LogP contribution in [-0.2, 0) is 9.47 Å². The number of ether oxygens (including phenoxy) is 2. The maximum atomic E-state index is 11.4. The summed E-state index contributed by atoms with van der Waals surface area (Å²) in [4.78, 5) is 15.1. The van der Waals surface area contributed by atoms with E-state index in [-0.39, 0.29) is 18.8 Å². The lowest BCUT2D eigenvalue weighted by molar-refractivity contribution is 0.0186. The minimum Gasteiger partial charge on any atom is -0.442 e. The number of morpholine rings is 1. The van der Waals surface area contributed by atoms with Crippen LogP contribution in [0, 0.1) is 0 Å². The molecular weight excluding hydrogens is 200 g/mol. The molecule has 0 aromatic rings. The van der Waals surface area contributed by atoms with Gasteiger partial charge in [0, 0.05) is 13.1 Å². The van der Waals surface area contributed by atoms with Crippen molar-refractivity contribution in [1.29, 1.82) is 0 Å². The monoisotopic (exact) mass is 216 g/mol. The van der Waals surface area contributed by atoms with Gasteiger partial charge in [-0.05, 0) is 0 Å². The summed E-state index contributed by atoms with van der Waals surface area (Å²) < 4.78 is 10.2. The van der Waals surface area contributed by atoms with Gasteiger partial charge in [0.2, 0.25) is 0 Å². The molecule has 0 saturated carbocycles. The zero-order valence-electron chi connectivity index (χ0n) is 8.59. The Kier molecular flexibility index (Phi) is 3.40. The third kappa shape index (κ3) is 2.58. The fourth-order valence-corrected chi connectivity index (χ4v) is 1.77. The lowest BCUT2D eigenvalue weighted by Crippen LogP contribution is -2.44. The van der Waals surface area contributed by atoms with Crippen molar-refractivity contribution in [3.63, 3.8) is 0 Å². The third-order valence-corrected chi connectivity index (χ3v) is 2.63. The highest BCUT2D eigenvalue weighted by Gasteiger charge is 2.31. The van der Waals surface area contributed by atoms with Crippen LogP contribution in [-0.4, -0.2) is 73.2 Å². The molecule has 0 spiro atoms. The molecule has 6 heteroatoms. The molecule has 2 saturated heterocycles. The van der Waals surface area contributed by atoms with Crippen LogP contribution in [0.2, 0.25) is 0 Å². The summed E-state index contributed by atoms with van der Waals surface area (Å²) in [6.45, 7) is 4.05. The van der Waals surface area contributed by atoms with Gasteiger partial charge in [-0.15, -0.1) is 0 Å². The maximum Gasteiger partial charge on any atom is 0.411 e. The molecular formula is C9H16N2O4. The van der Waals surface area contributed by atoms with Gasteiger partial charge in [-0.3, -0.25) is 9.80 Å². The van der Waals surface area contributed by atoms with Crippen LogP contribution in [0.4, 0.5) is 4.79 Å². The van der Waals surface area contributed by atoms with Crippen molar-refractivity contribution in [3.05, 3.63) is 0 Å². The zero-order valence-corrected chi connectivity index (χ0v) is 8.59. The van der Waals surface area contributed by atoms with Crippen molar-refractivity contribution in [3.8, 4) is 0 Å². The molecule has 2 heterocycles. The highest BCUT2D eigenvalue weighted by Crippen LogP contribution is 2.11. The van der Waals surface area contributed by atoms with Crippen LogP contribution in [0.5, 0.6) is 0 Å². The van der Waals surface area contributed by atoms with Gasteiger partial charge in [-0.2, -0.15) is 0 Å². The molecule has 1 N–H and O–H groups in total. The van der Waals surface area contributed by atoms with Crippen molar-refractivity contribution in [2.75, 3.05) is 46.1 Å². The second-order valence-corrected chi connectivity index (χ2v) is 3.78. The van der Waals surface area contributed by atoms with Crippen molar-refractivity contribution in [2.45, 2.75) is 6.10 Å². The van der Waals surface area contributed by atoms with Gasteiger partial charge >= 0.3 is 6.09 Å². The molecule has 1 amide bonds. The predicted molar refractivity (Wildman–Crippen MR) is 51.3 cm³/mol. The van der Waals surface area contributed by atoms with Gasteiger partial charge in [-0.25, -0.2) is 4.79 Å². The van der Waals surface area contributed by atoms with Gasteiger partial charge in [-0.1, -0.05) is 0 Å². The van der Waals surface area contributed by atoms with E-state index in [2.05, 4.69) is 4.90 Å². The highest BCUT2D eigenvalue weighted by atomic mass is 16.6. The van der Waals surface area contributed by atoms with Crippen LogP contribution >= 0.6 is 0 Å². The van der Waals surface area contributed by atoms with Crippen LogP contribution in [0.15, 0.2) is 0 Å². The minimum absolute atomic E-state index is 0.106. The standard InChI is InChI=1S/C9H16N2O4/c12-6-8-5-11(9(13)15-8)7-10-1-3-14-4-2-10/h8,12H,1-7H2/t8-/m0/s1. The van der Waals surface area contributed by atoms with Crippen LogP contribution in [0.25, 0.3) is 0 Å². The number of hydrogen-bond acceptors (Lipinski definition) is 5. The molecule has 0 radical (unpaired) electrons. The van der Waals surface area contributed by atoms with E-state index in [1.54, 1.807) is 4.90 Å². The molecule has 2 aliphatic heterocycles. The van der Waals surface area contributed by atoms with Gasteiger partial charge in [0.15, 0.2) is 0 Å². The minimum atomic E-state index is -0.362. The first-order chi connectivity index (χ1) is 7.29. The van der Waals surface area contributed by atoms with E-state index >= 15 is 0 Å². The summed E-state index contributed by atoms with van der Waals surface area (Å²) >= 11 is 0. The molecule has 2 rings (SSSR count). The topological polar surface area (TPSA) is 62.2 Å². The molecule has 0 aromatic carbocycles. The number of carbonyl (C=O) groups is 1. The number of amides is 1. The van der Waals surface area contributed by atoms with Gasteiger partial charge in [0.25, 0.3) is 0 Å². The van der Waals surface area contributed by atoms with Gasteiger partial charge in [0.1, 0.15) is 6.10 Å². The molecule has 0 bridgehead atoms. The van der Waals surface area contributed by atoms with Crippen molar-refractivity contribution in [1.82, 2.24) is 9.80 Å². The fourth-order valence-electron chi connectivity index (χ4n) is 1.77. The van der Waals surface area contributed by atoms with E-state index in [0.29, 0.717) is 26.4 Å². The quantitative estimate of drug-likeness (QED) is 0.661. The summed E-state index contributed by atoms with van der Waals surface area (Å²) in [7, 11) is 0. The lowest BCUT2D eigenvalue weighted by Gasteiger charge is -2.29. The summed E-state index contributed by atoms with van der Waals surface area (Å²) in [5.74, 6) is 0. The van der Waals surface area contributed by atoms with E-state index in [1.807, 2.05) is 0 Å². The second-order valence-electron chi connectivity index (χ2n) is 3.78. The average molecular weight is 216 g/mol. The molecule has 1 atom stereocenters. The molecule has 2 fully saturated rings. The van der Waals surface area contributed by atoms with Crippen molar-refractivity contribution in [2.24, 2.45) is 0 Å².